The molecule has 0 saturated carbocycles. The summed E-state index contributed by atoms with van der Waals surface area (Å²) in [6, 6.07) is 2.54. The molecule has 1 aromatic rings. The van der Waals surface area contributed by atoms with Gasteiger partial charge in [0.1, 0.15) is 0 Å². The third-order valence-electron chi connectivity index (χ3n) is 2.44. The average Bonchev–Trinajstić information content (AvgIpc) is 2.18. The molecule has 0 saturated heterocycles. The molecule has 1 atom stereocenters. The quantitative estimate of drug-likeness (QED) is 0.796. The molecule has 0 fully saturated rings. The number of rotatable bonds is 4. The molecule has 3 heteroatoms. The first kappa shape index (κ1) is 11.1. The van der Waals surface area contributed by atoms with Crippen molar-refractivity contribution < 1.29 is 0 Å². The third-order valence-corrected chi connectivity index (χ3v) is 2.44. The van der Waals surface area contributed by atoms with Crippen molar-refractivity contribution in [1.82, 2.24) is 15.5 Å². The molecule has 1 unspecified atom stereocenters. The number of aromatic nitrogens is 2. The molecular weight excluding hydrogens is 174 g/mol. The SMILES string of the molecule is CCCC(NC)c1cc(C)nnc1C. The van der Waals surface area contributed by atoms with E-state index in [0.717, 1.165) is 17.8 Å². The molecule has 0 spiro atoms. The van der Waals surface area contributed by atoms with Gasteiger partial charge in [-0.2, -0.15) is 10.2 Å². The van der Waals surface area contributed by atoms with Gasteiger partial charge in [-0.05, 0) is 38.9 Å². The molecule has 0 bridgehead atoms. The Balaban J connectivity index is 2.96. The maximum atomic E-state index is 4.14. The van der Waals surface area contributed by atoms with Crippen LogP contribution in [0.25, 0.3) is 0 Å². The Morgan fingerprint density at radius 3 is 2.64 bits per heavy atom. The van der Waals surface area contributed by atoms with Crippen molar-refractivity contribution in [3.63, 3.8) is 0 Å². The molecule has 1 rings (SSSR count). The van der Waals surface area contributed by atoms with Crippen LogP contribution in [0.2, 0.25) is 0 Å². The highest BCUT2D eigenvalue weighted by molar-refractivity contribution is 5.23. The second-order valence-electron chi connectivity index (χ2n) is 3.66. The summed E-state index contributed by atoms with van der Waals surface area (Å²) in [5.41, 5.74) is 3.30. The summed E-state index contributed by atoms with van der Waals surface area (Å²) in [5, 5.41) is 11.5. The first-order chi connectivity index (χ1) is 6.69. The molecule has 0 aromatic carbocycles. The van der Waals surface area contributed by atoms with Crippen molar-refractivity contribution in [1.29, 1.82) is 0 Å². The van der Waals surface area contributed by atoms with Crippen LogP contribution in [0.3, 0.4) is 0 Å². The van der Waals surface area contributed by atoms with Gasteiger partial charge in [-0.3, -0.25) is 0 Å². The Morgan fingerprint density at radius 2 is 2.07 bits per heavy atom. The Labute approximate surface area is 85.9 Å². The van der Waals surface area contributed by atoms with Crippen LogP contribution < -0.4 is 5.32 Å². The second-order valence-corrected chi connectivity index (χ2v) is 3.66. The van der Waals surface area contributed by atoms with Gasteiger partial charge in [0.15, 0.2) is 0 Å². The highest BCUT2D eigenvalue weighted by Gasteiger charge is 2.11. The lowest BCUT2D eigenvalue weighted by atomic mass is 10.0. The lowest BCUT2D eigenvalue weighted by Crippen LogP contribution is -2.18. The molecule has 1 aromatic heterocycles. The molecule has 0 radical (unpaired) electrons. The lowest BCUT2D eigenvalue weighted by molar-refractivity contribution is 0.534. The number of aryl methyl sites for hydroxylation is 2. The highest BCUT2D eigenvalue weighted by atomic mass is 15.1. The van der Waals surface area contributed by atoms with E-state index in [1.165, 1.54) is 12.0 Å². The van der Waals surface area contributed by atoms with Crippen LogP contribution in [0.15, 0.2) is 6.07 Å². The van der Waals surface area contributed by atoms with E-state index in [-0.39, 0.29) is 0 Å². The van der Waals surface area contributed by atoms with Crippen molar-refractivity contribution >= 4 is 0 Å². The maximum Gasteiger partial charge on any atom is 0.0648 e. The standard InChI is InChI=1S/C11H19N3/c1-5-6-11(12-4)10-7-8(2)13-14-9(10)3/h7,11-12H,5-6H2,1-4H3. The largest absolute Gasteiger partial charge is 0.313 e. The number of nitrogens with zero attached hydrogens (tertiary/aromatic N) is 2. The Morgan fingerprint density at radius 1 is 1.36 bits per heavy atom. The summed E-state index contributed by atoms with van der Waals surface area (Å²) in [5.74, 6) is 0. The van der Waals surface area contributed by atoms with Crippen LogP contribution in [-0.2, 0) is 0 Å². The second kappa shape index (κ2) is 5.05. The number of nitrogens with one attached hydrogen (secondary N) is 1. The van der Waals surface area contributed by atoms with Crippen LogP contribution in [0, 0.1) is 13.8 Å². The van der Waals surface area contributed by atoms with E-state index in [1.807, 2.05) is 20.9 Å². The molecule has 14 heavy (non-hydrogen) atoms. The van der Waals surface area contributed by atoms with E-state index in [9.17, 15) is 0 Å². The fourth-order valence-corrected chi connectivity index (χ4v) is 1.67. The smallest absolute Gasteiger partial charge is 0.0648 e. The fraction of sp³-hybridized carbons (Fsp3) is 0.636. The summed E-state index contributed by atoms with van der Waals surface area (Å²) in [4.78, 5) is 0. The van der Waals surface area contributed by atoms with E-state index in [4.69, 9.17) is 0 Å². The molecule has 3 nitrogen and oxygen atoms in total. The minimum atomic E-state index is 0.411. The number of hydrogen-bond acceptors (Lipinski definition) is 3. The van der Waals surface area contributed by atoms with Gasteiger partial charge in [0.2, 0.25) is 0 Å². The summed E-state index contributed by atoms with van der Waals surface area (Å²) < 4.78 is 0. The normalized spacial score (nSPS) is 12.9. The van der Waals surface area contributed by atoms with Gasteiger partial charge in [-0.15, -0.1) is 0 Å². The Bertz CT molecular complexity index is 297. The van der Waals surface area contributed by atoms with Crippen molar-refractivity contribution in [2.45, 2.75) is 39.7 Å². The predicted molar refractivity (Wildman–Crippen MR) is 58.2 cm³/mol. The van der Waals surface area contributed by atoms with Gasteiger partial charge in [-0.25, -0.2) is 0 Å². The van der Waals surface area contributed by atoms with E-state index in [0.29, 0.717) is 6.04 Å². The lowest BCUT2D eigenvalue weighted by Gasteiger charge is -2.17. The molecule has 0 aliphatic carbocycles. The monoisotopic (exact) mass is 193 g/mol. The maximum absolute atomic E-state index is 4.14. The molecule has 78 valence electrons. The topological polar surface area (TPSA) is 37.8 Å². The van der Waals surface area contributed by atoms with Gasteiger partial charge < -0.3 is 5.32 Å². The Kier molecular flexibility index (Phi) is 4.01. The number of hydrogen-bond donors (Lipinski definition) is 1. The van der Waals surface area contributed by atoms with Crippen molar-refractivity contribution in [3.05, 3.63) is 23.0 Å². The van der Waals surface area contributed by atoms with Crippen molar-refractivity contribution in [3.8, 4) is 0 Å². The van der Waals surface area contributed by atoms with Gasteiger partial charge in [0.25, 0.3) is 0 Å². The van der Waals surface area contributed by atoms with Gasteiger partial charge in [-0.1, -0.05) is 13.3 Å². The minimum absolute atomic E-state index is 0.411. The molecule has 1 N–H and O–H groups in total. The van der Waals surface area contributed by atoms with E-state index in [1.54, 1.807) is 0 Å². The fourth-order valence-electron chi connectivity index (χ4n) is 1.67. The summed E-state index contributed by atoms with van der Waals surface area (Å²) in [6.45, 7) is 6.19. The first-order valence-electron chi connectivity index (χ1n) is 5.17. The van der Waals surface area contributed by atoms with E-state index < -0.39 is 0 Å². The van der Waals surface area contributed by atoms with E-state index >= 15 is 0 Å². The molecule has 1 heterocycles. The van der Waals surface area contributed by atoms with Crippen molar-refractivity contribution in [2.75, 3.05) is 7.05 Å². The van der Waals surface area contributed by atoms with Gasteiger partial charge >= 0.3 is 0 Å². The minimum Gasteiger partial charge on any atom is -0.313 e. The molecule has 0 aliphatic rings. The first-order valence-corrected chi connectivity index (χ1v) is 5.17. The van der Waals surface area contributed by atoms with Crippen LogP contribution >= 0.6 is 0 Å². The Hall–Kier alpha value is -0.960. The average molecular weight is 193 g/mol. The van der Waals surface area contributed by atoms with Crippen LogP contribution in [-0.4, -0.2) is 17.2 Å². The van der Waals surface area contributed by atoms with E-state index in [2.05, 4.69) is 28.5 Å². The third kappa shape index (κ3) is 2.51. The zero-order valence-corrected chi connectivity index (χ0v) is 9.46. The van der Waals surface area contributed by atoms with Crippen molar-refractivity contribution in [2.24, 2.45) is 0 Å². The zero-order valence-electron chi connectivity index (χ0n) is 9.46. The molecule has 0 aliphatic heterocycles. The molecule has 0 amide bonds. The van der Waals surface area contributed by atoms with Crippen LogP contribution in [0.4, 0.5) is 0 Å². The van der Waals surface area contributed by atoms with Gasteiger partial charge in [0.05, 0.1) is 11.4 Å². The summed E-state index contributed by atoms with van der Waals surface area (Å²) >= 11 is 0. The van der Waals surface area contributed by atoms with Crippen LogP contribution in [0.5, 0.6) is 0 Å². The van der Waals surface area contributed by atoms with Gasteiger partial charge in [0, 0.05) is 6.04 Å². The predicted octanol–water partition coefficient (Wildman–Crippen LogP) is 2.15. The van der Waals surface area contributed by atoms with Crippen LogP contribution in [0.1, 0.15) is 42.8 Å². The molecular formula is C11H19N3. The zero-order chi connectivity index (χ0) is 10.6. The highest BCUT2D eigenvalue weighted by Crippen LogP contribution is 2.20. The summed E-state index contributed by atoms with van der Waals surface area (Å²) in [7, 11) is 2.00. The summed E-state index contributed by atoms with van der Waals surface area (Å²) in [6.07, 6.45) is 2.31.